The van der Waals surface area contributed by atoms with Gasteiger partial charge in [-0.05, 0) is 64.4 Å². The number of nitrogens with zero attached hydrogens (tertiary/aromatic N) is 2. The lowest BCUT2D eigenvalue weighted by Crippen LogP contribution is -2.54. The highest BCUT2D eigenvalue weighted by Crippen LogP contribution is 2.24. The van der Waals surface area contributed by atoms with E-state index in [0.29, 0.717) is 21.3 Å². The number of amides is 2. The molecule has 0 bridgehead atoms. The molecule has 1 atom stereocenters. The SMILES string of the molecule is Cc1ccc(N(CC(=O)N(Cc2ccc(Cl)c(Cl)c2)C(C)C(=O)NC(C)(C)C)S(C)(=O)=O)cc1. The summed E-state index contributed by atoms with van der Waals surface area (Å²) in [7, 11) is -3.77. The molecule has 10 heteroatoms. The van der Waals surface area contributed by atoms with E-state index in [1.165, 1.54) is 4.90 Å². The molecule has 0 radical (unpaired) electrons. The van der Waals surface area contributed by atoms with Crippen molar-refractivity contribution in [3.05, 3.63) is 63.6 Å². The summed E-state index contributed by atoms with van der Waals surface area (Å²) in [6.07, 6.45) is 1.04. The van der Waals surface area contributed by atoms with E-state index < -0.39 is 34.1 Å². The molecule has 2 aromatic rings. The summed E-state index contributed by atoms with van der Waals surface area (Å²) >= 11 is 12.2. The Bertz CT molecular complexity index is 1150. The molecule has 0 saturated carbocycles. The monoisotopic (exact) mass is 527 g/mol. The molecular weight excluding hydrogens is 497 g/mol. The van der Waals surface area contributed by atoms with Crippen LogP contribution >= 0.6 is 23.2 Å². The molecule has 1 unspecified atom stereocenters. The number of carbonyl (C=O) groups excluding carboxylic acids is 2. The smallest absolute Gasteiger partial charge is 0.244 e. The van der Waals surface area contributed by atoms with Crippen molar-refractivity contribution in [3.63, 3.8) is 0 Å². The van der Waals surface area contributed by atoms with Crippen molar-refractivity contribution >= 4 is 50.7 Å². The molecular formula is C24H31Cl2N3O4S. The number of carbonyl (C=O) groups is 2. The van der Waals surface area contributed by atoms with Crippen molar-refractivity contribution in [1.82, 2.24) is 10.2 Å². The Morgan fingerprint density at radius 1 is 1.03 bits per heavy atom. The number of hydrogen-bond donors (Lipinski definition) is 1. The Balaban J connectivity index is 2.42. The molecule has 0 saturated heterocycles. The fourth-order valence-electron chi connectivity index (χ4n) is 3.22. The third-order valence-corrected chi connectivity index (χ3v) is 6.88. The van der Waals surface area contributed by atoms with Crippen molar-refractivity contribution in [2.45, 2.75) is 52.7 Å². The highest BCUT2D eigenvalue weighted by atomic mass is 35.5. The number of aryl methyl sites for hydroxylation is 1. The molecule has 0 aliphatic carbocycles. The zero-order valence-corrected chi connectivity index (χ0v) is 22.6. The molecule has 34 heavy (non-hydrogen) atoms. The molecule has 1 N–H and O–H groups in total. The van der Waals surface area contributed by atoms with E-state index in [9.17, 15) is 18.0 Å². The van der Waals surface area contributed by atoms with Gasteiger partial charge in [-0.25, -0.2) is 8.42 Å². The first-order chi connectivity index (χ1) is 15.6. The van der Waals surface area contributed by atoms with Crippen LogP contribution < -0.4 is 9.62 Å². The van der Waals surface area contributed by atoms with Crippen LogP contribution in [-0.2, 0) is 26.2 Å². The number of nitrogens with one attached hydrogen (secondary N) is 1. The van der Waals surface area contributed by atoms with Crippen LogP contribution in [0.25, 0.3) is 0 Å². The van der Waals surface area contributed by atoms with E-state index in [2.05, 4.69) is 5.32 Å². The second-order valence-corrected chi connectivity index (χ2v) is 12.0. The Kier molecular flexibility index (Phi) is 9.02. The van der Waals surface area contributed by atoms with E-state index >= 15 is 0 Å². The summed E-state index contributed by atoms with van der Waals surface area (Å²) in [5.74, 6) is -0.893. The van der Waals surface area contributed by atoms with Gasteiger partial charge in [-0.1, -0.05) is 47.0 Å². The summed E-state index contributed by atoms with van der Waals surface area (Å²) in [6, 6.07) is 10.9. The zero-order chi connectivity index (χ0) is 25.8. The van der Waals surface area contributed by atoms with Gasteiger partial charge in [-0.2, -0.15) is 0 Å². The van der Waals surface area contributed by atoms with Crippen molar-refractivity contribution in [2.24, 2.45) is 0 Å². The minimum Gasteiger partial charge on any atom is -0.350 e. The Labute approximate surface area is 212 Å². The highest BCUT2D eigenvalue weighted by Gasteiger charge is 2.31. The van der Waals surface area contributed by atoms with Crippen LogP contribution in [0.1, 0.15) is 38.8 Å². The normalized spacial score (nSPS) is 12.7. The van der Waals surface area contributed by atoms with Crippen LogP contribution in [0.5, 0.6) is 0 Å². The maximum atomic E-state index is 13.5. The lowest BCUT2D eigenvalue weighted by atomic mass is 10.1. The third kappa shape index (κ3) is 7.89. The fraction of sp³-hybridized carbons (Fsp3) is 0.417. The minimum atomic E-state index is -3.77. The van der Waals surface area contributed by atoms with Gasteiger partial charge in [0.1, 0.15) is 12.6 Å². The lowest BCUT2D eigenvalue weighted by Gasteiger charge is -2.33. The highest BCUT2D eigenvalue weighted by molar-refractivity contribution is 7.92. The second kappa shape index (κ2) is 11.0. The van der Waals surface area contributed by atoms with Crippen molar-refractivity contribution in [1.29, 1.82) is 0 Å². The number of anilines is 1. The Morgan fingerprint density at radius 2 is 1.62 bits per heavy atom. The van der Waals surface area contributed by atoms with Gasteiger partial charge in [-0.15, -0.1) is 0 Å². The number of sulfonamides is 1. The molecule has 0 spiro atoms. The molecule has 0 aliphatic heterocycles. The van der Waals surface area contributed by atoms with Crippen LogP contribution in [0, 0.1) is 6.92 Å². The van der Waals surface area contributed by atoms with Crippen LogP contribution in [-0.4, -0.2) is 49.5 Å². The van der Waals surface area contributed by atoms with Gasteiger partial charge in [0.25, 0.3) is 0 Å². The lowest BCUT2D eigenvalue weighted by molar-refractivity contribution is -0.140. The molecule has 0 fully saturated rings. The standard InChI is InChI=1S/C24H31Cl2N3O4S/c1-16-7-10-19(11-8-16)29(34(6,32)33)15-22(30)28(17(2)23(31)27-24(3,4)5)14-18-9-12-20(25)21(26)13-18/h7-13,17H,14-15H2,1-6H3,(H,27,31). The average molecular weight is 529 g/mol. The molecule has 2 aromatic carbocycles. The number of benzene rings is 2. The predicted octanol–water partition coefficient (Wildman–Crippen LogP) is 4.40. The maximum absolute atomic E-state index is 13.5. The number of halogens is 2. The predicted molar refractivity (Wildman–Crippen MR) is 138 cm³/mol. The summed E-state index contributed by atoms with van der Waals surface area (Å²) in [4.78, 5) is 27.8. The van der Waals surface area contributed by atoms with Gasteiger partial charge >= 0.3 is 0 Å². The van der Waals surface area contributed by atoms with E-state index in [4.69, 9.17) is 23.2 Å². The maximum Gasteiger partial charge on any atom is 0.244 e. The van der Waals surface area contributed by atoms with Gasteiger partial charge < -0.3 is 10.2 Å². The molecule has 2 rings (SSSR count). The van der Waals surface area contributed by atoms with Gasteiger partial charge in [-0.3, -0.25) is 13.9 Å². The van der Waals surface area contributed by atoms with Crippen LogP contribution in [0.15, 0.2) is 42.5 Å². The molecule has 0 heterocycles. The number of hydrogen-bond acceptors (Lipinski definition) is 4. The fourth-order valence-corrected chi connectivity index (χ4v) is 4.39. The topological polar surface area (TPSA) is 86.8 Å². The van der Waals surface area contributed by atoms with E-state index in [-0.39, 0.29) is 12.5 Å². The molecule has 2 amide bonds. The Morgan fingerprint density at radius 3 is 2.12 bits per heavy atom. The van der Waals surface area contributed by atoms with Crippen LogP contribution in [0.3, 0.4) is 0 Å². The first-order valence-electron chi connectivity index (χ1n) is 10.7. The van der Waals surface area contributed by atoms with Gasteiger partial charge in [0.15, 0.2) is 0 Å². The van der Waals surface area contributed by atoms with Crippen LogP contribution in [0.2, 0.25) is 10.0 Å². The van der Waals surface area contributed by atoms with Crippen molar-refractivity contribution in [3.8, 4) is 0 Å². The largest absolute Gasteiger partial charge is 0.350 e. The summed E-state index contributed by atoms with van der Waals surface area (Å²) in [5.41, 5.74) is 1.46. The first-order valence-corrected chi connectivity index (χ1v) is 13.3. The molecule has 186 valence electrons. The zero-order valence-electron chi connectivity index (χ0n) is 20.2. The van der Waals surface area contributed by atoms with E-state index in [1.807, 2.05) is 27.7 Å². The summed E-state index contributed by atoms with van der Waals surface area (Å²) in [5, 5.41) is 3.55. The number of rotatable bonds is 8. The van der Waals surface area contributed by atoms with E-state index in [1.54, 1.807) is 49.4 Å². The van der Waals surface area contributed by atoms with Gasteiger partial charge in [0.2, 0.25) is 21.8 Å². The average Bonchev–Trinajstić information content (AvgIpc) is 2.71. The first kappa shape index (κ1) is 28.0. The van der Waals surface area contributed by atoms with Gasteiger partial charge in [0.05, 0.1) is 22.0 Å². The second-order valence-electron chi connectivity index (χ2n) is 9.29. The van der Waals surface area contributed by atoms with E-state index in [0.717, 1.165) is 16.1 Å². The van der Waals surface area contributed by atoms with Crippen molar-refractivity contribution < 1.29 is 18.0 Å². The summed E-state index contributed by atoms with van der Waals surface area (Å²) in [6.45, 7) is 8.58. The molecule has 0 aliphatic rings. The third-order valence-electron chi connectivity index (χ3n) is 5.00. The van der Waals surface area contributed by atoms with Crippen molar-refractivity contribution in [2.75, 3.05) is 17.1 Å². The quantitative estimate of drug-likeness (QED) is 0.551. The molecule has 7 nitrogen and oxygen atoms in total. The van der Waals surface area contributed by atoms with Gasteiger partial charge in [0, 0.05) is 12.1 Å². The summed E-state index contributed by atoms with van der Waals surface area (Å²) < 4.78 is 26.1. The Hall–Kier alpha value is -2.29. The minimum absolute atomic E-state index is 0.0416. The molecule has 0 aromatic heterocycles. The van der Waals surface area contributed by atoms with Crippen LogP contribution in [0.4, 0.5) is 5.69 Å².